The van der Waals surface area contributed by atoms with Crippen LogP contribution in [0.4, 0.5) is 5.69 Å². The molecule has 0 amide bonds. The van der Waals surface area contributed by atoms with Gasteiger partial charge in [0.1, 0.15) is 0 Å². The Morgan fingerprint density at radius 2 is 2.05 bits per heavy atom. The molecule has 21 heavy (non-hydrogen) atoms. The Morgan fingerprint density at radius 3 is 2.86 bits per heavy atom. The van der Waals surface area contributed by atoms with Gasteiger partial charge in [0.25, 0.3) is 0 Å². The summed E-state index contributed by atoms with van der Waals surface area (Å²) >= 11 is 0. The van der Waals surface area contributed by atoms with Gasteiger partial charge in [-0.3, -0.25) is 0 Å². The number of nitriles is 1. The highest BCUT2D eigenvalue weighted by Crippen LogP contribution is 2.26. The normalized spacial score (nSPS) is 21.7. The number of hydrogen-bond acceptors (Lipinski definition) is 2. The zero-order chi connectivity index (χ0) is 14.5. The van der Waals surface area contributed by atoms with E-state index in [-0.39, 0.29) is 5.92 Å². The van der Waals surface area contributed by atoms with E-state index in [1.165, 1.54) is 12.0 Å². The van der Waals surface area contributed by atoms with Crippen molar-refractivity contribution >= 4 is 5.69 Å². The van der Waals surface area contributed by atoms with Crippen LogP contribution in [0, 0.1) is 17.2 Å². The maximum absolute atomic E-state index is 9.06. The second kappa shape index (κ2) is 6.49. The first-order chi connectivity index (χ1) is 10.3. The van der Waals surface area contributed by atoms with Crippen molar-refractivity contribution in [2.45, 2.75) is 38.3 Å². The van der Waals surface area contributed by atoms with Gasteiger partial charge in [0.05, 0.1) is 11.8 Å². The Bertz CT molecular complexity index is 609. The van der Waals surface area contributed by atoms with Crippen molar-refractivity contribution in [1.82, 2.24) is 4.57 Å². The Hall–Kier alpha value is -2.21. The molecule has 1 aliphatic carbocycles. The van der Waals surface area contributed by atoms with Crippen LogP contribution in [0.1, 0.15) is 31.2 Å². The molecule has 0 bridgehead atoms. The maximum atomic E-state index is 9.06. The zero-order valence-electron chi connectivity index (χ0n) is 12.2. The number of benzene rings is 1. The van der Waals surface area contributed by atoms with Crippen molar-refractivity contribution in [3.05, 3.63) is 54.4 Å². The summed E-state index contributed by atoms with van der Waals surface area (Å²) in [6, 6.07) is 15.5. The molecule has 1 N–H and O–H groups in total. The summed E-state index contributed by atoms with van der Waals surface area (Å²) in [6.45, 7) is 0.897. The highest BCUT2D eigenvalue weighted by Gasteiger charge is 2.21. The molecule has 1 fully saturated rings. The monoisotopic (exact) mass is 279 g/mol. The quantitative estimate of drug-likeness (QED) is 0.918. The van der Waals surface area contributed by atoms with Crippen LogP contribution in [-0.2, 0) is 6.54 Å². The van der Waals surface area contributed by atoms with Crippen molar-refractivity contribution in [2.24, 2.45) is 5.92 Å². The molecule has 1 saturated carbocycles. The minimum Gasteiger partial charge on any atom is -0.381 e. The van der Waals surface area contributed by atoms with Gasteiger partial charge < -0.3 is 9.88 Å². The van der Waals surface area contributed by atoms with E-state index in [1.54, 1.807) is 0 Å². The lowest BCUT2D eigenvalue weighted by Gasteiger charge is -2.26. The first-order valence-corrected chi connectivity index (χ1v) is 7.69. The van der Waals surface area contributed by atoms with E-state index in [0.717, 1.165) is 31.5 Å². The number of aromatic nitrogens is 1. The molecular formula is C18H21N3. The lowest BCUT2D eigenvalue weighted by atomic mass is 9.86. The fraction of sp³-hybridized carbons (Fsp3) is 0.389. The first-order valence-electron chi connectivity index (χ1n) is 7.69. The molecular weight excluding hydrogens is 258 g/mol. The highest BCUT2D eigenvalue weighted by molar-refractivity contribution is 5.42. The minimum absolute atomic E-state index is 0.225. The van der Waals surface area contributed by atoms with Gasteiger partial charge in [0, 0.05) is 30.9 Å². The summed E-state index contributed by atoms with van der Waals surface area (Å²) in [7, 11) is 0. The van der Waals surface area contributed by atoms with Gasteiger partial charge in [-0.15, -0.1) is 0 Å². The number of nitrogens with zero attached hydrogens (tertiary/aromatic N) is 2. The molecule has 1 heterocycles. The van der Waals surface area contributed by atoms with Crippen LogP contribution in [0.5, 0.6) is 0 Å². The predicted molar refractivity (Wildman–Crippen MR) is 85.0 cm³/mol. The molecule has 2 aromatic rings. The van der Waals surface area contributed by atoms with E-state index in [9.17, 15) is 0 Å². The van der Waals surface area contributed by atoms with E-state index < -0.39 is 0 Å². The fourth-order valence-electron chi connectivity index (χ4n) is 3.09. The highest BCUT2D eigenvalue weighted by atomic mass is 15.0. The molecule has 0 saturated heterocycles. The van der Waals surface area contributed by atoms with Crippen molar-refractivity contribution in [2.75, 3.05) is 5.32 Å². The van der Waals surface area contributed by atoms with Crippen molar-refractivity contribution in [3.8, 4) is 6.07 Å². The van der Waals surface area contributed by atoms with Crippen LogP contribution in [0.3, 0.4) is 0 Å². The largest absolute Gasteiger partial charge is 0.381 e. The van der Waals surface area contributed by atoms with E-state index in [4.69, 9.17) is 5.26 Å². The van der Waals surface area contributed by atoms with Crippen LogP contribution in [0.25, 0.3) is 0 Å². The Labute approximate surface area is 126 Å². The SMILES string of the molecule is N#C[C@@H]1CCC[C@@H](Nc2ccn(Cc3ccccc3)c2)C1. The average molecular weight is 279 g/mol. The smallest absolute Gasteiger partial charge is 0.0656 e. The third-order valence-electron chi connectivity index (χ3n) is 4.19. The van der Waals surface area contributed by atoms with Gasteiger partial charge in [-0.1, -0.05) is 36.8 Å². The van der Waals surface area contributed by atoms with Crippen molar-refractivity contribution in [3.63, 3.8) is 0 Å². The summed E-state index contributed by atoms with van der Waals surface area (Å²) in [5.41, 5.74) is 2.47. The third kappa shape index (κ3) is 3.66. The predicted octanol–water partition coefficient (Wildman–Crippen LogP) is 4.03. The van der Waals surface area contributed by atoms with Crippen LogP contribution in [-0.4, -0.2) is 10.6 Å². The molecule has 108 valence electrons. The molecule has 1 aromatic carbocycles. The molecule has 0 unspecified atom stereocenters. The van der Waals surface area contributed by atoms with Gasteiger partial charge in [-0.2, -0.15) is 5.26 Å². The zero-order valence-corrected chi connectivity index (χ0v) is 12.2. The second-order valence-electron chi connectivity index (χ2n) is 5.89. The van der Waals surface area contributed by atoms with Gasteiger partial charge in [-0.25, -0.2) is 0 Å². The van der Waals surface area contributed by atoms with Crippen molar-refractivity contribution < 1.29 is 0 Å². The first kappa shape index (κ1) is 13.8. The molecule has 0 aliphatic heterocycles. The van der Waals surface area contributed by atoms with Gasteiger partial charge in [-0.05, 0) is 30.9 Å². The summed E-state index contributed by atoms with van der Waals surface area (Å²) in [6.07, 6.45) is 8.62. The number of nitrogens with one attached hydrogen (secondary N) is 1. The Balaban J connectivity index is 1.59. The molecule has 1 aromatic heterocycles. The molecule has 0 radical (unpaired) electrons. The van der Waals surface area contributed by atoms with Crippen LogP contribution < -0.4 is 5.32 Å². The molecule has 3 nitrogen and oxygen atoms in total. The molecule has 3 heteroatoms. The van der Waals surface area contributed by atoms with Crippen molar-refractivity contribution in [1.29, 1.82) is 5.26 Å². The summed E-state index contributed by atoms with van der Waals surface area (Å²) < 4.78 is 2.20. The number of rotatable bonds is 4. The standard InChI is InChI=1S/C18H21N3/c19-12-16-7-4-8-17(11-16)20-18-9-10-21(14-18)13-15-5-2-1-3-6-15/h1-3,5-6,9-10,14,16-17,20H,4,7-8,11,13H2/t16-,17-/m1/s1. The molecule has 3 rings (SSSR count). The van der Waals surface area contributed by atoms with E-state index >= 15 is 0 Å². The summed E-state index contributed by atoms with van der Waals surface area (Å²) in [5.74, 6) is 0.225. The maximum Gasteiger partial charge on any atom is 0.0656 e. The summed E-state index contributed by atoms with van der Waals surface area (Å²) in [4.78, 5) is 0. The van der Waals surface area contributed by atoms with E-state index in [0.29, 0.717) is 6.04 Å². The Morgan fingerprint density at radius 1 is 1.19 bits per heavy atom. The minimum atomic E-state index is 0.225. The fourth-order valence-corrected chi connectivity index (χ4v) is 3.09. The third-order valence-corrected chi connectivity index (χ3v) is 4.19. The topological polar surface area (TPSA) is 40.8 Å². The Kier molecular flexibility index (Phi) is 4.25. The van der Waals surface area contributed by atoms with Gasteiger partial charge in [0.2, 0.25) is 0 Å². The molecule has 2 atom stereocenters. The number of hydrogen-bond donors (Lipinski definition) is 1. The second-order valence-corrected chi connectivity index (χ2v) is 5.89. The number of anilines is 1. The molecule has 1 aliphatic rings. The molecule has 0 spiro atoms. The van der Waals surface area contributed by atoms with Crippen LogP contribution in [0.15, 0.2) is 48.8 Å². The van der Waals surface area contributed by atoms with E-state index in [1.807, 2.05) is 6.07 Å². The van der Waals surface area contributed by atoms with E-state index in [2.05, 4.69) is 58.7 Å². The van der Waals surface area contributed by atoms with Crippen LogP contribution >= 0.6 is 0 Å². The lowest BCUT2D eigenvalue weighted by Crippen LogP contribution is -2.26. The lowest BCUT2D eigenvalue weighted by molar-refractivity contribution is 0.395. The van der Waals surface area contributed by atoms with Gasteiger partial charge in [0.15, 0.2) is 0 Å². The average Bonchev–Trinajstić information content (AvgIpc) is 2.95. The van der Waals surface area contributed by atoms with Gasteiger partial charge >= 0.3 is 0 Å². The van der Waals surface area contributed by atoms with Crippen LogP contribution in [0.2, 0.25) is 0 Å². The summed E-state index contributed by atoms with van der Waals surface area (Å²) in [5, 5.41) is 12.6.